The lowest BCUT2D eigenvalue weighted by atomic mass is 10.2. The monoisotopic (exact) mass is 234 g/mol. The van der Waals surface area contributed by atoms with Gasteiger partial charge < -0.3 is 4.90 Å². The van der Waals surface area contributed by atoms with Crippen molar-refractivity contribution in [3.8, 4) is 0 Å². The SMILES string of the molecule is CCCCCCN1CCN(S(=O)O)CC1. The van der Waals surface area contributed by atoms with E-state index in [1.54, 1.807) is 4.31 Å². The third kappa shape index (κ3) is 5.06. The molecule has 5 heteroatoms. The Bertz CT molecular complexity index is 194. The van der Waals surface area contributed by atoms with Crippen molar-refractivity contribution in [2.75, 3.05) is 32.7 Å². The lowest BCUT2D eigenvalue weighted by molar-refractivity contribution is 0.184. The summed E-state index contributed by atoms with van der Waals surface area (Å²) < 4.78 is 21.3. The molecule has 1 fully saturated rings. The number of rotatable bonds is 6. The molecule has 0 aromatic carbocycles. The summed E-state index contributed by atoms with van der Waals surface area (Å²) in [5.74, 6) is 0. The fraction of sp³-hybridized carbons (Fsp3) is 1.00. The molecule has 1 N–H and O–H groups in total. The highest BCUT2D eigenvalue weighted by molar-refractivity contribution is 7.76. The van der Waals surface area contributed by atoms with Crippen LogP contribution in [0.3, 0.4) is 0 Å². The number of unbranched alkanes of at least 4 members (excludes halogenated alkanes) is 3. The van der Waals surface area contributed by atoms with Gasteiger partial charge in [-0.1, -0.05) is 26.2 Å². The van der Waals surface area contributed by atoms with E-state index in [1.165, 1.54) is 25.7 Å². The van der Waals surface area contributed by atoms with Crippen molar-refractivity contribution in [1.82, 2.24) is 9.21 Å². The van der Waals surface area contributed by atoms with Crippen LogP contribution < -0.4 is 0 Å². The fourth-order valence-electron chi connectivity index (χ4n) is 1.87. The summed E-state index contributed by atoms with van der Waals surface area (Å²) in [6.45, 7) is 6.66. The van der Waals surface area contributed by atoms with Crippen molar-refractivity contribution in [3.63, 3.8) is 0 Å². The molecule has 1 atom stereocenters. The molecule has 0 bridgehead atoms. The Morgan fingerprint density at radius 1 is 1.13 bits per heavy atom. The van der Waals surface area contributed by atoms with Crippen LogP contribution in [-0.2, 0) is 11.3 Å². The molecular formula is C10H22N2O2S. The minimum Gasteiger partial charge on any atom is -0.301 e. The Morgan fingerprint density at radius 2 is 1.80 bits per heavy atom. The average Bonchev–Trinajstić information content (AvgIpc) is 2.25. The highest BCUT2D eigenvalue weighted by Gasteiger charge is 2.19. The first-order valence-corrected chi connectivity index (χ1v) is 6.88. The van der Waals surface area contributed by atoms with Crippen molar-refractivity contribution in [2.45, 2.75) is 32.6 Å². The average molecular weight is 234 g/mol. The van der Waals surface area contributed by atoms with E-state index >= 15 is 0 Å². The zero-order valence-electron chi connectivity index (χ0n) is 9.52. The predicted octanol–water partition coefficient (Wildman–Crippen LogP) is 1.32. The van der Waals surface area contributed by atoms with Crippen LogP contribution in [0.15, 0.2) is 0 Å². The lowest BCUT2D eigenvalue weighted by Gasteiger charge is -2.32. The summed E-state index contributed by atoms with van der Waals surface area (Å²) in [7, 11) is 0. The highest BCUT2D eigenvalue weighted by atomic mass is 32.2. The molecule has 1 saturated heterocycles. The van der Waals surface area contributed by atoms with Gasteiger partial charge in [0.15, 0.2) is 0 Å². The summed E-state index contributed by atoms with van der Waals surface area (Å²) in [5.41, 5.74) is 0. The summed E-state index contributed by atoms with van der Waals surface area (Å²) in [6, 6.07) is 0. The van der Waals surface area contributed by atoms with Crippen LogP contribution in [0.2, 0.25) is 0 Å². The van der Waals surface area contributed by atoms with E-state index in [0.717, 1.165) is 32.7 Å². The molecular weight excluding hydrogens is 212 g/mol. The Kier molecular flexibility index (Phi) is 6.40. The quantitative estimate of drug-likeness (QED) is 0.557. The number of hydrogen-bond donors (Lipinski definition) is 1. The van der Waals surface area contributed by atoms with Gasteiger partial charge in [-0.3, -0.25) is 4.55 Å². The predicted molar refractivity (Wildman–Crippen MR) is 62.9 cm³/mol. The third-order valence-corrected chi connectivity index (χ3v) is 3.69. The smallest absolute Gasteiger partial charge is 0.234 e. The van der Waals surface area contributed by atoms with Crippen molar-refractivity contribution < 1.29 is 8.76 Å². The van der Waals surface area contributed by atoms with Crippen LogP contribution in [0.5, 0.6) is 0 Å². The molecule has 0 aromatic rings. The molecule has 1 aliphatic rings. The van der Waals surface area contributed by atoms with E-state index in [0.29, 0.717) is 0 Å². The Balaban J connectivity index is 2.07. The first kappa shape index (κ1) is 13.1. The molecule has 1 rings (SSSR count). The largest absolute Gasteiger partial charge is 0.301 e. The minimum atomic E-state index is -1.77. The van der Waals surface area contributed by atoms with Crippen molar-refractivity contribution in [3.05, 3.63) is 0 Å². The molecule has 1 aliphatic heterocycles. The van der Waals surface area contributed by atoms with Crippen LogP contribution in [0.4, 0.5) is 0 Å². The maximum atomic E-state index is 10.8. The zero-order chi connectivity index (χ0) is 11.1. The second kappa shape index (κ2) is 7.33. The van der Waals surface area contributed by atoms with Crippen LogP contribution in [-0.4, -0.2) is 50.7 Å². The van der Waals surface area contributed by atoms with Gasteiger partial charge in [0.05, 0.1) is 0 Å². The van der Waals surface area contributed by atoms with Crippen molar-refractivity contribution in [1.29, 1.82) is 0 Å². The van der Waals surface area contributed by atoms with E-state index in [-0.39, 0.29) is 0 Å². The minimum absolute atomic E-state index is 0.719. The van der Waals surface area contributed by atoms with Crippen molar-refractivity contribution >= 4 is 11.3 Å². The Morgan fingerprint density at radius 3 is 2.33 bits per heavy atom. The van der Waals surface area contributed by atoms with Gasteiger partial charge in [-0.2, -0.15) is 4.31 Å². The molecule has 0 saturated carbocycles. The standard InChI is InChI=1S/C10H22N2O2S/c1-2-3-4-5-6-11-7-9-12(10-8-11)15(13)14/h2-10H2,1H3,(H,13,14). The van der Waals surface area contributed by atoms with Gasteiger partial charge in [0.2, 0.25) is 11.3 Å². The normalized spacial score (nSPS) is 21.7. The fourth-order valence-corrected chi connectivity index (χ4v) is 2.35. The lowest BCUT2D eigenvalue weighted by Crippen LogP contribution is -2.46. The van der Waals surface area contributed by atoms with E-state index in [2.05, 4.69) is 11.8 Å². The van der Waals surface area contributed by atoms with Crippen LogP contribution in [0.25, 0.3) is 0 Å². The number of piperazine rings is 1. The number of hydrogen-bond acceptors (Lipinski definition) is 2. The third-order valence-electron chi connectivity index (χ3n) is 2.88. The Labute approximate surface area is 95.1 Å². The van der Waals surface area contributed by atoms with E-state index in [9.17, 15) is 4.21 Å². The summed E-state index contributed by atoms with van der Waals surface area (Å²) >= 11 is -1.77. The first-order chi connectivity index (χ1) is 7.24. The van der Waals surface area contributed by atoms with Gasteiger partial charge in [0.1, 0.15) is 0 Å². The number of nitrogens with zero attached hydrogens (tertiary/aromatic N) is 2. The zero-order valence-corrected chi connectivity index (χ0v) is 10.3. The van der Waals surface area contributed by atoms with Crippen LogP contribution in [0.1, 0.15) is 32.6 Å². The van der Waals surface area contributed by atoms with E-state index in [1.807, 2.05) is 0 Å². The Hall–Kier alpha value is 0.0300. The molecule has 90 valence electrons. The molecule has 4 nitrogen and oxygen atoms in total. The van der Waals surface area contributed by atoms with Gasteiger partial charge in [0, 0.05) is 26.2 Å². The molecule has 1 unspecified atom stereocenters. The van der Waals surface area contributed by atoms with Crippen LogP contribution in [0, 0.1) is 0 Å². The van der Waals surface area contributed by atoms with Crippen molar-refractivity contribution in [2.24, 2.45) is 0 Å². The molecule has 0 radical (unpaired) electrons. The molecule has 0 amide bonds. The maximum absolute atomic E-state index is 10.8. The van der Waals surface area contributed by atoms with Gasteiger partial charge in [-0.05, 0) is 13.0 Å². The van der Waals surface area contributed by atoms with Gasteiger partial charge in [-0.15, -0.1) is 0 Å². The molecule has 0 spiro atoms. The van der Waals surface area contributed by atoms with E-state index < -0.39 is 11.3 Å². The molecule has 0 aromatic heterocycles. The maximum Gasteiger partial charge on any atom is 0.234 e. The van der Waals surface area contributed by atoms with Crippen LogP contribution >= 0.6 is 0 Å². The van der Waals surface area contributed by atoms with Gasteiger partial charge in [0.25, 0.3) is 0 Å². The first-order valence-electron chi connectivity index (χ1n) is 5.82. The molecule has 15 heavy (non-hydrogen) atoms. The highest BCUT2D eigenvalue weighted by Crippen LogP contribution is 2.06. The van der Waals surface area contributed by atoms with E-state index in [4.69, 9.17) is 4.55 Å². The topological polar surface area (TPSA) is 43.8 Å². The van der Waals surface area contributed by atoms with Gasteiger partial charge >= 0.3 is 0 Å². The molecule has 0 aliphatic carbocycles. The van der Waals surface area contributed by atoms with Gasteiger partial charge in [-0.25, -0.2) is 4.21 Å². The second-order valence-corrected chi connectivity index (χ2v) is 5.04. The molecule has 1 heterocycles. The summed E-state index contributed by atoms with van der Waals surface area (Å²) in [5, 5.41) is 0. The summed E-state index contributed by atoms with van der Waals surface area (Å²) in [4.78, 5) is 2.39. The second-order valence-electron chi connectivity index (χ2n) is 4.06. The summed E-state index contributed by atoms with van der Waals surface area (Å²) in [6.07, 6.45) is 5.16.